The summed E-state index contributed by atoms with van der Waals surface area (Å²) in [6, 6.07) is 8.36. The highest BCUT2D eigenvalue weighted by Gasteiger charge is 2.31. The van der Waals surface area contributed by atoms with Crippen LogP contribution >= 0.6 is 0 Å². The number of hydrogen-bond donors (Lipinski definition) is 3. The summed E-state index contributed by atoms with van der Waals surface area (Å²) < 4.78 is 47.3. The normalized spacial score (nSPS) is 19.6. The Bertz CT molecular complexity index is 798. The van der Waals surface area contributed by atoms with Crippen LogP contribution in [0.15, 0.2) is 36.4 Å². The Balaban J connectivity index is 1.42. The van der Waals surface area contributed by atoms with E-state index in [2.05, 4.69) is 15.6 Å². The molecule has 0 amide bonds. The Labute approximate surface area is 168 Å². The Hall–Kier alpha value is -2.16. The van der Waals surface area contributed by atoms with Crippen molar-refractivity contribution in [3.05, 3.63) is 59.0 Å². The van der Waals surface area contributed by atoms with Crippen molar-refractivity contribution in [2.24, 2.45) is 5.92 Å². The van der Waals surface area contributed by atoms with Gasteiger partial charge in [-0.15, -0.1) is 0 Å². The molecule has 0 bridgehead atoms. The number of alkyl halides is 2. The molecular formula is C21H27F3N4O. The van der Waals surface area contributed by atoms with Crippen molar-refractivity contribution >= 4 is 5.82 Å². The second kappa shape index (κ2) is 9.56. The van der Waals surface area contributed by atoms with Crippen LogP contribution < -0.4 is 16.4 Å². The lowest BCUT2D eigenvalue weighted by atomic mass is 9.99. The molecule has 8 heteroatoms. The molecule has 2 aromatic rings. The van der Waals surface area contributed by atoms with Crippen LogP contribution in [-0.4, -0.2) is 43.9 Å². The lowest BCUT2D eigenvalue weighted by Gasteiger charge is -2.21. The molecule has 0 spiro atoms. The van der Waals surface area contributed by atoms with Gasteiger partial charge in [0, 0.05) is 36.8 Å². The number of anilines is 1. The van der Waals surface area contributed by atoms with Gasteiger partial charge in [0.2, 0.25) is 0 Å². The molecule has 1 aliphatic heterocycles. The molecule has 29 heavy (non-hydrogen) atoms. The largest absolute Gasteiger partial charge is 0.384 e. The standard InChI is InChI=1S/C21H27F3N4O/c1-14-7-18(28-20(25)8-14)9-15-11-27-12-19(15)29-6-5-26-13-21(23,24)16-3-2-4-17(22)10-16/h2-4,7-8,10,15,19,26-27H,5-6,9,11-13H2,1H3,(H2,25,28)/t15-,19+/m1/s1. The Morgan fingerprint density at radius 3 is 2.86 bits per heavy atom. The van der Waals surface area contributed by atoms with Gasteiger partial charge < -0.3 is 21.1 Å². The third-order valence-corrected chi connectivity index (χ3v) is 5.00. The first-order chi connectivity index (χ1) is 13.8. The molecule has 1 aliphatic rings. The van der Waals surface area contributed by atoms with Gasteiger partial charge in [-0.05, 0) is 43.2 Å². The number of nitrogens with one attached hydrogen (secondary N) is 2. The van der Waals surface area contributed by atoms with Gasteiger partial charge >= 0.3 is 0 Å². The molecule has 1 saturated heterocycles. The van der Waals surface area contributed by atoms with Crippen molar-refractivity contribution in [2.75, 3.05) is 38.5 Å². The minimum atomic E-state index is -3.14. The van der Waals surface area contributed by atoms with Crippen LogP contribution in [0.1, 0.15) is 16.8 Å². The SMILES string of the molecule is Cc1cc(N)nc(C[C@@H]2CNC[C@@H]2OCCNCC(F)(F)c2cccc(F)c2)c1. The highest BCUT2D eigenvalue weighted by molar-refractivity contribution is 5.34. The molecule has 5 nitrogen and oxygen atoms in total. The molecule has 3 rings (SSSR count). The second-order valence-electron chi connectivity index (χ2n) is 7.48. The van der Waals surface area contributed by atoms with Gasteiger partial charge in [0.1, 0.15) is 11.6 Å². The number of aromatic nitrogens is 1. The maximum Gasteiger partial charge on any atom is 0.285 e. The summed E-state index contributed by atoms with van der Waals surface area (Å²) in [4.78, 5) is 4.38. The summed E-state index contributed by atoms with van der Waals surface area (Å²) >= 11 is 0. The van der Waals surface area contributed by atoms with E-state index in [4.69, 9.17) is 10.5 Å². The fourth-order valence-electron chi connectivity index (χ4n) is 3.59. The van der Waals surface area contributed by atoms with Crippen LogP contribution in [0.25, 0.3) is 0 Å². The first kappa shape index (κ1) is 21.5. The molecule has 0 aliphatic carbocycles. The molecule has 0 saturated carbocycles. The zero-order chi connectivity index (χ0) is 20.9. The quantitative estimate of drug-likeness (QED) is 0.557. The molecule has 1 aromatic carbocycles. The molecule has 0 radical (unpaired) electrons. The lowest BCUT2D eigenvalue weighted by molar-refractivity contribution is -0.00825. The van der Waals surface area contributed by atoms with E-state index in [1.54, 1.807) is 0 Å². The van der Waals surface area contributed by atoms with E-state index in [1.165, 1.54) is 12.1 Å². The van der Waals surface area contributed by atoms with Gasteiger partial charge in [-0.25, -0.2) is 9.37 Å². The average molecular weight is 408 g/mol. The van der Waals surface area contributed by atoms with Gasteiger partial charge in [-0.2, -0.15) is 8.78 Å². The van der Waals surface area contributed by atoms with Crippen molar-refractivity contribution in [3.63, 3.8) is 0 Å². The van der Waals surface area contributed by atoms with E-state index in [0.717, 1.165) is 36.4 Å². The van der Waals surface area contributed by atoms with Crippen LogP contribution in [0.4, 0.5) is 19.0 Å². The summed E-state index contributed by atoms with van der Waals surface area (Å²) in [6.45, 7) is 3.53. The Kier molecular flexibility index (Phi) is 7.10. The first-order valence-electron chi connectivity index (χ1n) is 9.73. The van der Waals surface area contributed by atoms with Gasteiger partial charge in [-0.3, -0.25) is 0 Å². The van der Waals surface area contributed by atoms with E-state index in [1.807, 2.05) is 19.1 Å². The number of halogens is 3. The number of nitrogens with two attached hydrogens (primary N) is 1. The smallest absolute Gasteiger partial charge is 0.285 e. The summed E-state index contributed by atoms with van der Waals surface area (Å²) in [6.07, 6.45) is 0.735. The van der Waals surface area contributed by atoms with Crippen LogP contribution in [0, 0.1) is 18.7 Å². The zero-order valence-corrected chi connectivity index (χ0v) is 16.4. The number of rotatable bonds is 9. The maximum absolute atomic E-state index is 14.1. The van der Waals surface area contributed by atoms with E-state index >= 15 is 0 Å². The number of nitrogens with zero attached hydrogens (tertiary/aromatic N) is 1. The minimum absolute atomic E-state index is 0.0101. The Morgan fingerprint density at radius 2 is 2.10 bits per heavy atom. The molecule has 2 atom stereocenters. The van der Waals surface area contributed by atoms with Crippen LogP contribution in [0.5, 0.6) is 0 Å². The molecule has 1 fully saturated rings. The third kappa shape index (κ3) is 6.16. The highest BCUT2D eigenvalue weighted by atomic mass is 19.3. The van der Waals surface area contributed by atoms with Crippen molar-refractivity contribution in [3.8, 4) is 0 Å². The van der Waals surface area contributed by atoms with Crippen molar-refractivity contribution in [1.82, 2.24) is 15.6 Å². The van der Waals surface area contributed by atoms with Gasteiger partial charge in [0.05, 0.1) is 19.3 Å². The topological polar surface area (TPSA) is 72.2 Å². The molecule has 0 unspecified atom stereocenters. The fourth-order valence-corrected chi connectivity index (χ4v) is 3.59. The van der Waals surface area contributed by atoms with Gasteiger partial charge in [-0.1, -0.05) is 12.1 Å². The maximum atomic E-state index is 14.1. The lowest BCUT2D eigenvalue weighted by Crippen LogP contribution is -2.34. The van der Waals surface area contributed by atoms with E-state index in [9.17, 15) is 13.2 Å². The van der Waals surface area contributed by atoms with E-state index in [0.29, 0.717) is 19.0 Å². The van der Waals surface area contributed by atoms with Crippen LogP contribution in [-0.2, 0) is 17.1 Å². The van der Waals surface area contributed by atoms with Crippen molar-refractivity contribution in [2.45, 2.75) is 25.4 Å². The predicted octanol–water partition coefficient (Wildman–Crippen LogP) is 2.64. The number of benzene rings is 1. The average Bonchev–Trinajstić information content (AvgIpc) is 3.07. The summed E-state index contributed by atoms with van der Waals surface area (Å²) in [5, 5.41) is 6.00. The van der Waals surface area contributed by atoms with Crippen molar-refractivity contribution < 1.29 is 17.9 Å². The van der Waals surface area contributed by atoms with Gasteiger partial charge in [0.15, 0.2) is 0 Å². The monoisotopic (exact) mass is 408 g/mol. The van der Waals surface area contributed by atoms with Crippen molar-refractivity contribution in [1.29, 1.82) is 0 Å². The summed E-state index contributed by atoms with van der Waals surface area (Å²) in [5.41, 5.74) is 7.48. The minimum Gasteiger partial charge on any atom is -0.384 e. The second-order valence-corrected chi connectivity index (χ2v) is 7.48. The predicted molar refractivity (Wildman–Crippen MR) is 106 cm³/mol. The molecular weight excluding hydrogens is 381 g/mol. The van der Waals surface area contributed by atoms with Crippen LogP contribution in [0.2, 0.25) is 0 Å². The molecule has 2 heterocycles. The number of ether oxygens (including phenoxy) is 1. The molecule has 4 N–H and O–H groups in total. The summed E-state index contributed by atoms with van der Waals surface area (Å²) in [7, 11) is 0. The van der Waals surface area contributed by atoms with Crippen LogP contribution in [0.3, 0.4) is 0 Å². The number of pyridine rings is 1. The zero-order valence-electron chi connectivity index (χ0n) is 16.4. The number of nitrogen functional groups attached to an aromatic ring is 1. The number of hydrogen-bond acceptors (Lipinski definition) is 5. The Morgan fingerprint density at radius 1 is 1.28 bits per heavy atom. The molecule has 158 valence electrons. The number of aryl methyl sites for hydroxylation is 1. The first-order valence-corrected chi connectivity index (χ1v) is 9.73. The fraction of sp³-hybridized carbons (Fsp3) is 0.476. The summed E-state index contributed by atoms with van der Waals surface area (Å²) in [5.74, 6) is -3.06. The third-order valence-electron chi connectivity index (χ3n) is 5.00. The van der Waals surface area contributed by atoms with E-state index in [-0.39, 0.29) is 24.1 Å². The van der Waals surface area contributed by atoms with Gasteiger partial charge in [0.25, 0.3) is 5.92 Å². The highest BCUT2D eigenvalue weighted by Crippen LogP contribution is 2.27. The van der Waals surface area contributed by atoms with E-state index < -0.39 is 18.3 Å². The molecule has 1 aromatic heterocycles.